The summed E-state index contributed by atoms with van der Waals surface area (Å²) < 4.78 is 0. The van der Waals surface area contributed by atoms with Gasteiger partial charge in [-0.15, -0.1) is 0 Å². The van der Waals surface area contributed by atoms with Crippen LogP contribution in [0, 0.1) is 5.92 Å². The Kier molecular flexibility index (Phi) is 4.51. The third kappa shape index (κ3) is 2.95. The van der Waals surface area contributed by atoms with Gasteiger partial charge < -0.3 is 0 Å². The van der Waals surface area contributed by atoms with Crippen molar-refractivity contribution in [2.75, 3.05) is 5.33 Å². The van der Waals surface area contributed by atoms with Crippen LogP contribution in [-0.2, 0) is 0 Å². The predicted molar refractivity (Wildman–Crippen MR) is 90.1 cm³/mol. The molecule has 1 nitrogen and oxygen atoms in total. The van der Waals surface area contributed by atoms with Crippen LogP contribution in [0.25, 0.3) is 17.0 Å². The van der Waals surface area contributed by atoms with Gasteiger partial charge in [0.2, 0.25) is 0 Å². The molecule has 1 aliphatic rings. The van der Waals surface area contributed by atoms with E-state index in [1.54, 1.807) is 5.57 Å². The molecule has 0 radical (unpaired) electrons. The summed E-state index contributed by atoms with van der Waals surface area (Å²) in [7, 11) is 0. The van der Waals surface area contributed by atoms with Crippen molar-refractivity contribution in [3.63, 3.8) is 0 Å². The molecule has 0 atom stereocenters. The quantitative estimate of drug-likeness (QED) is 0.668. The number of pyridine rings is 1. The van der Waals surface area contributed by atoms with Gasteiger partial charge in [-0.25, -0.2) is 0 Å². The first kappa shape index (κ1) is 13.8. The van der Waals surface area contributed by atoms with Crippen LogP contribution in [0.3, 0.4) is 0 Å². The number of hydrogen-bond donors (Lipinski definition) is 0. The van der Waals surface area contributed by atoms with Gasteiger partial charge in [0.1, 0.15) is 0 Å². The van der Waals surface area contributed by atoms with Crippen LogP contribution in [0.2, 0.25) is 0 Å². The highest BCUT2D eigenvalue weighted by Crippen LogP contribution is 2.32. The molecule has 0 N–H and O–H groups in total. The molecule has 2 aromatic rings. The summed E-state index contributed by atoms with van der Waals surface area (Å²) in [5, 5.41) is 2.23. The van der Waals surface area contributed by atoms with E-state index in [0.717, 1.165) is 16.8 Å². The zero-order valence-electron chi connectivity index (χ0n) is 11.7. The van der Waals surface area contributed by atoms with Crippen molar-refractivity contribution in [1.82, 2.24) is 4.98 Å². The summed E-state index contributed by atoms with van der Waals surface area (Å²) in [5.41, 5.74) is 3.93. The molecule has 0 aliphatic heterocycles. The smallest absolute Gasteiger partial charge is 0.0707 e. The SMILES string of the molecule is BrC/C(=C/c1ccnc2ccccc12)C1CCCCC1. The second-order valence-electron chi connectivity index (χ2n) is 5.61. The topological polar surface area (TPSA) is 12.9 Å². The zero-order valence-corrected chi connectivity index (χ0v) is 13.3. The Labute approximate surface area is 129 Å². The standard InChI is InChI=1S/C18H20BrN/c19-13-16(14-6-2-1-3-7-14)12-15-10-11-20-18-9-5-4-8-17(15)18/h4-5,8-12,14H,1-3,6-7,13H2/b16-12-. The summed E-state index contributed by atoms with van der Waals surface area (Å²) in [5.74, 6) is 0.759. The van der Waals surface area contributed by atoms with Gasteiger partial charge in [0.15, 0.2) is 0 Å². The largest absolute Gasteiger partial charge is 0.256 e. The molecule has 1 fully saturated rings. The number of nitrogens with zero attached hydrogens (tertiary/aromatic N) is 1. The van der Waals surface area contributed by atoms with E-state index in [2.05, 4.69) is 57.3 Å². The average molecular weight is 330 g/mol. The molecule has 0 amide bonds. The Bertz CT molecular complexity index is 606. The number of allylic oxidation sites excluding steroid dienone is 1. The Morgan fingerprint density at radius 2 is 1.95 bits per heavy atom. The van der Waals surface area contributed by atoms with Crippen LogP contribution in [0.1, 0.15) is 37.7 Å². The van der Waals surface area contributed by atoms with Crippen molar-refractivity contribution in [3.05, 3.63) is 47.7 Å². The van der Waals surface area contributed by atoms with Gasteiger partial charge in [-0.1, -0.05) is 65.0 Å². The van der Waals surface area contributed by atoms with Gasteiger partial charge in [0, 0.05) is 16.9 Å². The van der Waals surface area contributed by atoms with Gasteiger partial charge in [-0.2, -0.15) is 0 Å². The predicted octanol–water partition coefficient (Wildman–Crippen LogP) is 5.59. The molecule has 1 aromatic heterocycles. The lowest BCUT2D eigenvalue weighted by atomic mass is 9.83. The van der Waals surface area contributed by atoms with E-state index in [1.807, 2.05) is 6.20 Å². The van der Waals surface area contributed by atoms with Crippen molar-refractivity contribution < 1.29 is 0 Å². The second-order valence-corrected chi connectivity index (χ2v) is 6.17. The highest BCUT2D eigenvalue weighted by atomic mass is 79.9. The van der Waals surface area contributed by atoms with Crippen LogP contribution in [-0.4, -0.2) is 10.3 Å². The fourth-order valence-electron chi connectivity index (χ4n) is 3.18. The molecular weight excluding hydrogens is 310 g/mol. The average Bonchev–Trinajstić information content (AvgIpc) is 2.53. The number of alkyl halides is 1. The van der Waals surface area contributed by atoms with Gasteiger partial charge >= 0.3 is 0 Å². The van der Waals surface area contributed by atoms with E-state index in [9.17, 15) is 0 Å². The minimum atomic E-state index is 0.759. The fraction of sp³-hybridized carbons (Fsp3) is 0.389. The molecule has 0 spiro atoms. The first-order valence-corrected chi connectivity index (χ1v) is 8.61. The molecular formula is C18H20BrN. The van der Waals surface area contributed by atoms with E-state index >= 15 is 0 Å². The Hall–Kier alpha value is -1.15. The summed E-state index contributed by atoms with van der Waals surface area (Å²) in [6, 6.07) is 10.5. The monoisotopic (exact) mass is 329 g/mol. The molecule has 0 saturated heterocycles. The molecule has 0 unspecified atom stereocenters. The minimum Gasteiger partial charge on any atom is -0.256 e. The molecule has 1 saturated carbocycles. The molecule has 1 heterocycles. The Morgan fingerprint density at radius 3 is 2.75 bits per heavy atom. The molecule has 2 heteroatoms. The van der Waals surface area contributed by atoms with E-state index in [4.69, 9.17) is 0 Å². The summed E-state index contributed by atoms with van der Waals surface area (Å²) in [6.07, 6.45) is 11.2. The van der Waals surface area contributed by atoms with Crippen molar-refractivity contribution in [2.45, 2.75) is 32.1 Å². The molecule has 20 heavy (non-hydrogen) atoms. The zero-order chi connectivity index (χ0) is 13.8. The first-order valence-electron chi connectivity index (χ1n) is 7.48. The lowest BCUT2D eigenvalue weighted by Gasteiger charge is -2.23. The van der Waals surface area contributed by atoms with Crippen molar-refractivity contribution in [1.29, 1.82) is 0 Å². The van der Waals surface area contributed by atoms with Crippen molar-refractivity contribution in [2.24, 2.45) is 5.92 Å². The third-order valence-electron chi connectivity index (χ3n) is 4.31. The van der Waals surface area contributed by atoms with Crippen LogP contribution in [0.4, 0.5) is 0 Å². The molecule has 3 rings (SSSR count). The van der Waals surface area contributed by atoms with Crippen LogP contribution < -0.4 is 0 Å². The number of halogens is 1. The minimum absolute atomic E-state index is 0.759. The van der Waals surface area contributed by atoms with Crippen molar-refractivity contribution in [3.8, 4) is 0 Å². The van der Waals surface area contributed by atoms with Gasteiger partial charge in [-0.05, 0) is 36.5 Å². The number of benzene rings is 1. The molecule has 1 aromatic carbocycles. The highest BCUT2D eigenvalue weighted by Gasteiger charge is 2.17. The third-order valence-corrected chi connectivity index (χ3v) is 4.95. The molecule has 0 bridgehead atoms. The maximum absolute atomic E-state index is 4.45. The number of hydrogen-bond acceptors (Lipinski definition) is 1. The highest BCUT2D eigenvalue weighted by molar-refractivity contribution is 9.09. The number of aromatic nitrogens is 1. The van der Waals surface area contributed by atoms with E-state index < -0.39 is 0 Å². The Balaban J connectivity index is 1.98. The fourth-order valence-corrected chi connectivity index (χ4v) is 3.80. The van der Waals surface area contributed by atoms with Crippen molar-refractivity contribution >= 4 is 32.9 Å². The van der Waals surface area contributed by atoms with Gasteiger partial charge in [-0.3, -0.25) is 4.98 Å². The number of para-hydroxylation sites is 1. The van der Waals surface area contributed by atoms with E-state index in [-0.39, 0.29) is 0 Å². The summed E-state index contributed by atoms with van der Waals surface area (Å²) >= 11 is 3.69. The number of rotatable bonds is 3. The molecule has 104 valence electrons. The van der Waals surface area contributed by atoms with Gasteiger partial charge in [0.05, 0.1) is 5.52 Å². The lowest BCUT2D eigenvalue weighted by Crippen LogP contribution is -2.10. The van der Waals surface area contributed by atoms with Gasteiger partial charge in [0.25, 0.3) is 0 Å². The van der Waals surface area contributed by atoms with Crippen LogP contribution in [0.15, 0.2) is 42.1 Å². The van der Waals surface area contributed by atoms with Crippen LogP contribution in [0.5, 0.6) is 0 Å². The summed E-state index contributed by atoms with van der Waals surface area (Å²) in [4.78, 5) is 4.45. The lowest BCUT2D eigenvalue weighted by molar-refractivity contribution is 0.405. The number of fused-ring (bicyclic) bond motifs is 1. The first-order chi connectivity index (χ1) is 9.88. The van der Waals surface area contributed by atoms with E-state index in [1.165, 1.54) is 43.1 Å². The second kappa shape index (κ2) is 6.53. The summed E-state index contributed by atoms with van der Waals surface area (Å²) in [6.45, 7) is 0. The molecule has 1 aliphatic carbocycles. The maximum Gasteiger partial charge on any atom is 0.0707 e. The maximum atomic E-state index is 4.45. The van der Waals surface area contributed by atoms with E-state index in [0.29, 0.717) is 0 Å². The Morgan fingerprint density at radius 1 is 1.15 bits per heavy atom. The van der Waals surface area contributed by atoms with Crippen LogP contribution >= 0.6 is 15.9 Å². The normalized spacial score (nSPS) is 17.6.